The van der Waals surface area contributed by atoms with E-state index in [0.29, 0.717) is 35.7 Å². The summed E-state index contributed by atoms with van der Waals surface area (Å²) < 4.78 is 51.9. The molecule has 4 rings (SSSR count). The fraction of sp³-hybridized carbons (Fsp3) is 0.400. The Hall–Kier alpha value is -2.81. The second kappa shape index (κ2) is 9.82. The molecular weight excluding hydrogens is 466 g/mol. The van der Waals surface area contributed by atoms with Gasteiger partial charge in [-0.1, -0.05) is 19.1 Å². The molecule has 4 nitrogen and oxygen atoms in total. The number of aryl methyl sites for hydroxylation is 2. The van der Waals surface area contributed by atoms with Crippen LogP contribution in [0.2, 0.25) is 0 Å². The van der Waals surface area contributed by atoms with Gasteiger partial charge < -0.3 is 4.90 Å². The van der Waals surface area contributed by atoms with Gasteiger partial charge in [0.2, 0.25) is 0 Å². The Labute approximate surface area is 199 Å². The van der Waals surface area contributed by atoms with Crippen molar-refractivity contribution in [2.75, 3.05) is 6.54 Å². The van der Waals surface area contributed by atoms with Crippen LogP contribution in [0.15, 0.2) is 42.6 Å². The third-order valence-corrected chi connectivity index (χ3v) is 7.29. The van der Waals surface area contributed by atoms with Crippen LogP contribution in [0, 0.1) is 18.7 Å². The van der Waals surface area contributed by atoms with Gasteiger partial charge in [0.1, 0.15) is 11.5 Å². The topological polar surface area (TPSA) is 46.1 Å². The maximum absolute atomic E-state index is 13.7. The van der Waals surface area contributed by atoms with E-state index in [0.717, 1.165) is 35.7 Å². The molecule has 0 spiro atoms. The Balaban J connectivity index is 1.54. The van der Waals surface area contributed by atoms with Gasteiger partial charge in [0.25, 0.3) is 5.91 Å². The van der Waals surface area contributed by atoms with E-state index in [1.54, 1.807) is 12.1 Å². The molecule has 1 unspecified atom stereocenters. The van der Waals surface area contributed by atoms with E-state index in [4.69, 9.17) is 0 Å². The molecule has 9 heteroatoms. The van der Waals surface area contributed by atoms with Crippen LogP contribution in [0.5, 0.6) is 0 Å². The van der Waals surface area contributed by atoms with E-state index in [1.807, 2.05) is 11.8 Å². The van der Waals surface area contributed by atoms with Crippen LogP contribution in [0.25, 0.3) is 10.4 Å². The van der Waals surface area contributed by atoms with E-state index in [-0.39, 0.29) is 23.7 Å². The Kier molecular flexibility index (Phi) is 7.02. The van der Waals surface area contributed by atoms with Crippen molar-refractivity contribution in [3.63, 3.8) is 0 Å². The minimum Gasteiger partial charge on any atom is -0.334 e. The van der Waals surface area contributed by atoms with Crippen molar-refractivity contribution in [1.82, 2.24) is 14.9 Å². The van der Waals surface area contributed by atoms with Gasteiger partial charge in [-0.05, 0) is 68.4 Å². The van der Waals surface area contributed by atoms with Crippen LogP contribution in [-0.4, -0.2) is 33.4 Å². The molecule has 1 fully saturated rings. The molecule has 1 aliphatic rings. The van der Waals surface area contributed by atoms with E-state index < -0.39 is 11.7 Å². The average Bonchev–Trinajstić information content (AvgIpc) is 3.19. The number of thiazole rings is 1. The highest BCUT2D eigenvalue weighted by Crippen LogP contribution is 2.34. The number of carbonyl (C=O) groups excluding carboxylic acids is 1. The minimum atomic E-state index is -4.42. The molecule has 0 radical (unpaired) electrons. The van der Waals surface area contributed by atoms with E-state index in [9.17, 15) is 22.4 Å². The minimum absolute atomic E-state index is 0.0755. The normalized spacial score (nSPS) is 18.8. The third-order valence-electron chi connectivity index (χ3n) is 6.27. The molecule has 1 amide bonds. The smallest absolute Gasteiger partial charge is 0.334 e. The zero-order valence-electron chi connectivity index (χ0n) is 18.9. The molecule has 2 aromatic heterocycles. The monoisotopic (exact) mass is 491 g/mol. The number of rotatable bonds is 5. The Bertz CT molecular complexity index is 1140. The van der Waals surface area contributed by atoms with Crippen LogP contribution in [0.4, 0.5) is 17.6 Å². The highest BCUT2D eigenvalue weighted by Gasteiger charge is 2.35. The number of hydrogen-bond acceptors (Lipinski definition) is 4. The lowest BCUT2D eigenvalue weighted by molar-refractivity contribution is -0.137. The molecular formula is C25H25F4N3OS. The highest BCUT2D eigenvalue weighted by molar-refractivity contribution is 7.15. The maximum Gasteiger partial charge on any atom is 0.417 e. The second-order valence-corrected chi connectivity index (χ2v) is 9.88. The summed E-state index contributed by atoms with van der Waals surface area (Å²) in [5.74, 6) is -0.276. The molecule has 1 aromatic carbocycles. The first-order valence-corrected chi connectivity index (χ1v) is 12.0. The van der Waals surface area contributed by atoms with Crippen LogP contribution in [0.1, 0.15) is 52.9 Å². The number of alkyl halides is 3. The molecule has 0 N–H and O–H groups in total. The molecule has 34 heavy (non-hydrogen) atoms. The quantitative estimate of drug-likeness (QED) is 0.381. The van der Waals surface area contributed by atoms with Crippen molar-refractivity contribution in [3.8, 4) is 10.4 Å². The van der Waals surface area contributed by atoms with Crippen LogP contribution in [0.3, 0.4) is 0 Å². The number of halogens is 4. The summed E-state index contributed by atoms with van der Waals surface area (Å²) in [7, 11) is 0. The summed E-state index contributed by atoms with van der Waals surface area (Å²) in [6, 6.07) is 8.38. The second-order valence-electron chi connectivity index (χ2n) is 8.68. The first-order valence-electron chi connectivity index (χ1n) is 11.2. The number of aromatic nitrogens is 2. The van der Waals surface area contributed by atoms with Gasteiger partial charge in [-0.15, -0.1) is 11.3 Å². The van der Waals surface area contributed by atoms with Crippen molar-refractivity contribution in [2.45, 2.75) is 51.7 Å². The van der Waals surface area contributed by atoms with E-state index >= 15 is 0 Å². The summed E-state index contributed by atoms with van der Waals surface area (Å²) in [5, 5.41) is 0.748. The van der Waals surface area contributed by atoms with Crippen LogP contribution >= 0.6 is 11.3 Å². The SMILES string of the molecule is Cc1nc(C(=O)N2CCC[C@@H](C)C2CCc2ccc(C(F)(F)F)cn2)c(-c2ccc(F)cc2)s1. The number of benzene rings is 1. The van der Waals surface area contributed by atoms with E-state index in [1.165, 1.54) is 29.5 Å². The highest BCUT2D eigenvalue weighted by atomic mass is 32.1. The number of piperidine rings is 1. The molecule has 180 valence electrons. The largest absolute Gasteiger partial charge is 0.417 e. The standard InChI is InChI=1S/C25H25F4N3OS/c1-15-4-3-13-32(21(15)12-11-20-10-7-18(14-30-20)25(27,28)29)24(33)22-23(34-16(2)31-22)17-5-8-19(26)9-6-17/h5-10,14-15,21H,3-4,11-13H2,1-2H3/t15-,21?/m1/s1. The number of likely N-dealkylation sites (tertiary alicyclic amines) is 1. The zero-order valence-corrected chi connectivity index (χ0v) is 19.7. The van der Waals surface area contributed by atoms with Gasteiger partial charge in [-0.25, -0.2) is 9.37 Å². The van der Waals surface area contributed by atoms with Gasteiger partial charge in [-0.2, -0.15) is 13.2 Å². The number of hydrogen-bond donors (Lipinski definition) is 0. The van der Waals surface area contributed by atoms with Gasteiger partial charge in [0, 0.05) is 24.5 Å². The third kappa shape index (κ3) is 5.29. The molecule has 3 aromatic rings. The summed E-state index contributed by atoms with van der Waals surface area (Å²) in [6.45, 7) is 4.52. The van der Waals surface area contributed by atoms with Crippen LogP contribution in [-0.2, 0) is 12.6 Å². The number of nitrogens with zero attached hydrogens (tertiary/aromatic N) is 3. The van der Waals surface area contributed by atoms with Crippen molar-refractivity contribution < 1.29 is 22.4 Å². The lowest BCUT2D eigenvalue weighted by atomic mass is 9.87. The van der Waals surface area contributed by atoms with Crippen molar-refractivity contribution >= 4 is 17.2 Å². The lowest BCUT2D eigenvalue weighted by Crippen LogP contribution is -2.48. The van der Waals surface area contributed by atoms with Crippen molar-refractivity contribution in [3.05, 3.63) is 70.4 Å². The zero-order chi connectivity index (χ0) is 24.5. The predicted octanol–water partition coefficient (Wildman–Crippen LogP) is 6.54. The summed E-state index contributed by atoms with van der Waals surface area (Å²) >= 11 is 1.40. The fourth-order valence-corrected chi connectivity index (χ4v) is 5.40. The van der Waals surface area contributed by atoms with Gasteiger partial charge in [-0.3, -0.25) is 9.78 Å². The molecule has 3 heterocycles. The summed E-state index contributed by atoms with van der Waals surface area (Å²) in [4.78, 5) is 24.7. The lowest BCUT2D eigenvalue weighted by Gasteiger charge is -2.40. The molecule has 1 saturated heterocycles. The number of pyridine rings is 1. The first kappa shape index (κ1) is 24.3. The van der Waals surface area contributed by atoms with Gasteiger partial charge >= 0.3 is 6.18 Å². The average molecular weight is 492 g/mol. The Morgan fingerprint density at radius 1 is 1.18 bits per heavy atom. The summed E-state index contributed by atoms with van der Waals surface area (Å²) in [5.41, 5.74) is 0.896. The molecule has 1 aliphatic heterocycles. The van der Waals surface area contributed by atoms with Gasteiger partial charge in [0.05, 0.1) is 15.4 Å². The van der Waals surface area contributed by atoms with Crippen LogP contribution < -0.4 is 0 Å². The van der Waals surface area contributed by atoms with Gasteiger partial charge in [0.15, 0.2) is 0 Å². The first-order chi connectivity index (χ1) is 16.1. The Morgan fingerprint density at radius 3 is 2.56 bits per heavy atom. The molecule has 0 saturated carbocycles. The molecule has 0 aliphatic carbocycles. The fourth-order valence-electron chi connectivity index (χ4n) is 4.48. The Morgan fingerprint density at radius 2 is 1.91 bits per heavy atom. The predicted molar refractivity (Wildman–Crippen MR) is 123 cm³/mol. The van der Waals surface area contributed by atoms with E-state index in [2.05, 4.69) is 16.9 Å². The molecule has 2 atom stereocenters. The molecule has 0 bridgehead atoms. The maximum atomic E-state index is 13.7. The van der Waals surface area contributed by atoms with Crippen molar-refractivity contribution in [1.29, 1.82) is 0 Å². The summed E-state index contributed by atoms with van der Waals surface area (Å²) in [6.07, 6.45) is -0.652. The van der Waals surface area contributed by atoms with Crippen molar-refractivity contribution in [2.24, 2.45) is 5.92 Å². The number of amides is 1. The number of carbonyl (C=O) groups is 1.